The van der Waals surface area contributed by atoms with Gasteiger partial charge in [-0.3, -0.25) is 0 Å². The van der Waals surface area contributed by atoms with Crippen molar-refractivity contribution in [3.63, 3.8) is 0 Å². The molecule has 16 heavy (non-hydrogen) atoms. The van der Waals surface area contributed by atoms with E-state index in [1.807, 2.05) is 6.92 Å². The average Bonchev–Trinajstić information content (AvgIpc) is 2.25. The van der Waals surface area contributed by atoms with Crippen molar-refractivity contribution >= 4 is 11.9 Å². The van der Waals surface area contributed by atoms with Crippen molar-refractivity contribution in [1.82, 2.24) is 0 Å². The zero-order valence-electron chi connectivity index (χ0n) is 9.56. The minimum atomic E-state index is -1.09. The zero-order chi connectivity index (χ0) is 13.1. The average molecular weight is 230 g/mol. The predicted molar refractivity (Wildman–Crippen MR) is 60.3 cm³/mol. The maximum Gasteiger partial charge on any atom is 0.334 e. The van der Waals surface area contributed by atoms with E-state index in [1.165, 1.54) is 6.92 Å². The lowest BCUT2D eigenvalue weighted by atomic mass is 10.1. The van der Waals surface area contributed by atoms with Crippen molar-refractivity contribution in [1.29, 1.82) is 0 Å². The molecular formula is C11H18O5. The van der Waals surface area contributed by atoms with Gasteiger partial charge in [0.05, 0.1) is 11.8 Å². The van der Waals surface area contributed by atoms with Gasteiger partial charge < -0.3 is 15.3 Å². The number of carboxylic acid groups (broad SMARTS) is 2. The van der Waals surface area contributed by atoms with Crippen molar-refractivity contribution in [2.45, 2.75) is 33.1 Å². The summed E-state index contributed by atoms with van der Waals surface area (Å²) in [5.74, 6) is -1.97. The molecule has 0 aliphatic carbocycles. The lowest BCUT2D eigenvalue weighted by Gasteiger charge is -1.95. The molecule has 0 unspecified atom stereocenters. The first-order valence-electron chi connectivity index (χ1n) is 4.82. The largest absolute Gasteiger partial charge is 0.515 e. The maximum atomic E-state index is 10.1. The highest BCUT2D eigenvalue weighted by Crippen LogP contribution is 2.03. The van der Waals surface area contributed by atoms with Crippen LogP contribution in [0.5, 0.6) is 0 Å². The number of aliphatic carboxylic acids is 2. The predicted octanol–water partition coefficient (Wildman–Crippen LogP) is 2.35. The van der Waals surface area contributed by atoms with E-state index in [0.29, 0.717) is 18.3 Å². The standard InChI is InChI=1S/C7H12O2.C4H6O3/c1-3-4-5-6(2)7(8)9;1-3(2-5)4(6)7/h2-5H2,1H3,(H,8,9);2,5H,1H3,(H,6,7)/b;3-2+. The fourth-order valence-corrected chi connectivity index (χ4v) is 0.552. The van der Waals surface area contributed by atoms with Gasteiger partial charge in [-0.2, -0.15) is 0 Å². The van der Waals surface area contributed by atoms with Crippen molar-refractivity contribution < 1.29 is 24.9 Å². The smallest absolute Gasteiger partial charge is 0.334 e. The van der Waals surface area contributed by atoms with Crippen LogP contribution >= 0.6 is 0 Å². The number of unbranched alkanes of at least 4 members (excludes halogenated alkanes) is 1. The number of hydrogen-bond acceptors (Lipinski definition) is 3. The second kappa shape index (κ2) is 9.76. The highest BCUT2D eigenvalue weighted by atomic mass is 16.4. The summed E-state index contributed by atoms with van der Waals surface area (Å²) in [6.45, 7) is 6.72. The molecule has 0 aromatic rings. The van der Waals surface area contributed by atoms with Crippen molar-refractivity contribution in [2.24, 2.45) is 0 Å². The number of rotatable bonds is 5. The van der Waals surface area contributed by atoms with Crippen LogP contribution in [-0.2, 0) is 9.59 Å². The van der Waals surface area contributed by atoms with Crippen LogP contribution in [-0.4, -0.2) is 27.3 Å². The van der Waals surface area contributed by atoms with Gasteiger partial charge in [-0.25, -0.2) is 9.59 Å². The molecule has 0 aromatic heterocycles. The third-order valence-electron chi connectivity index (χ3n) is 1.67. The number of carboxylic acids is 2. The Morgan fingerprint density at radius 1 is 1.25 bits per heavy atom. The molecule has 0 amide bonds. The summed E-state index contributed by atoms with van der Waals surface area (Å²) >= 11 is 0. The Bertz CT molecular complexity index is 278. The zero-order valence-corrected chi connectivity index (χ0v) is 9.56. The molecular weight excluding hydrogens is 212 g/mol. The molecule has 0 fully saturated rings. The number of aliphatic hydroxyl groups excluding tert-OH is 1. The van der Waals surface area contributed by atoms with Crippen LogP contribution < -0.4 is 0 Å². The van der Waals surface area contributed by atoms with Gasteiger partial charge in [0.2, 0.25) is 0 Å². The lowest BCUT2D eigenvalue weighted by molar-refractivity contribution is -0.133. The number of aliphatic hydroxyl groups is 1. The Morgan fingerprint density at radius 3 is 1.94 bits per heavy atom. The molecule has 0 spiro atoms. The van der Waals surface area contributed by atoms with Gasteiger partial charge in [0, 0.05) is 5.57 Å². The quantitative estimate of drug-likeness (QED) is 0.497. The highest BCUT2D eigenvalue weighted by Gasteiger charge is 2.00. The first kappa shape index (κ1) is 16.6. The molecule has 0 aliphatic rings. The summed E-state index contributed by atoms with van der Waals surface area (Å²) in [6, 6.07) is 0. The molecule has 3 N–H and O–H groups in total. The SMILES string of the molecule is C/C(=C\O)C(=O)O.C=C(CCCC)C(=O)O. The van der Waals surface area contributed by atoms with Gasteiger partial charge >= 0.3 is 11.9 Å². The molecule has 0 rings (SSSR count). The molecule has 0 atom stereocenters. The minimum Gasteiger partial charge on any atom is -0.515 e. The Kier molecular flexibility index (Phi) is 10.2. The summed E-state index contributed by atoms with van der Waals surface area (Å²) in [4.78, 5) is 19.8. The van der Waals surface area contributed by atoms with E-state index in [-0.39, 0.29) is 5.57 Å². The Hall–Kier alpha value is -1.78. The highest BCUT2D eigenvalue weighted by molar-refractivity contribution is 5.85. The molecule has 0 aliphatic heterocycles. The molecule has 0 radical (unpaired) electrons. The van der Waals surface area contributed by atoms with E-state index < -0.39 is 11.9 Å². The summed E-state index contributed by atoms with van der Waals surface area (Å²) in [7, 11) is 0. The monoisotopic (exact) mass is 230 g/mol. The van der Waals surface area contributed by atoms with Crippen LogP contribution in [0.15, 0.2) is 24.0 Å². The first-order valence-corrected chi connectivity index (χ1v) is 4.82. The molecule has 5 heteroatoms. The Labute approximate surface area is 94.7 Å². The van der Waals surface area contributed by atoms with E-state index in [0.717, 1.165) is 12.8 Å². The van der Waals surface area contributed by atoms with E-state index in [9.17, 15) is 9.59 Å². The van der Waals surface area contributed by atoms with E-state index in [1.54, 1.807) is 0 Å². The summed E-state index contributed by atoms with van der Waals surface area (Å²) in [5.41, 5.74) is 0.261. The van der Waals surface area contributed by atoms with Crippen LogP contribution in [0, 0.1) is 0 Å². The maximum absolute atomic E-state index is 10.1. The molecule has 92 valence electrons. The normalized spacial score (nSPS) is 10.0. The van der Waals surface area contributed by atoms with E-state index in [2.05, 4.69) is 6.58 Å². The molecule has 5 nitrogen and oxygen atoms in total. The Balaban J connectivity index is 0. The first-order chi connectivity index (χ1) is 7.36. The van der Waals surface area contributed by atoms with Crippen LogP contribution in [0.2, 0.25) is 0 Å². The summed E-state index contributed by atoms with van der Waals surface area (Å²) in [6.07, 6.45) is 3.12. The fourth-order valence-electron chi connectivity index (χ4n) is 0.552. The van der Waals surface area contributed by atoms with Gasteiger partial charge in [0.1, 0.15) is 0 Å². The molecule has 0 aromatic carbocycles. The second-order valence-electron chi connectivity index (χ2n) is 3.13. The fraction of sp³-hybridized carbons (Fsp3) is 0.455. The van der Waals surface area contributed by atoms with Gasteiger partial charge in [-0.15, -0.1) is 0 Å². The van der Waals surface area contributed by atoms with Crippen LogP contribution in [0.25, 0.3) is 0 Å². The van der Waals surface area contributed by atoms with Crippen molar-refractivity contribution in [3.8, 4) is 0 Å². The number of hydrogen-bond donors (Lipinski definition) is 3. The second-order valence-corrected chi connectivity index (χ2v) is 3.13. The van der Waals surface area contributed by atoms with Gasteiger partial charge in [-0.1, -0.05) is 19.9 Å². The van der Waals surface area contributed by atoms with Gasteiger partial charge in [0.15, 0.2) is 0 Å². The topological polar surface area (TPSA) is 94.8 Å². The number of carbonyl (C=O) groups is 2. The van der Waals surface area contributed by atoms with Crippen LogP contribution in [0.4, 0.5) is 0 Å². The summed E-state index contributed by atoms with van der Waals surface area (Å²) < 4.78 is 0. The van der Waals surface area contributed by atoms with Gasteiger partial charge in [0.25, 0.3) is 0 Å². The van der Waals surface area contributed by atoms with Crippen molar-refractivity contribution in [3.05, 3.63) is 24.0 Å². The summed E-state index contributed by atoms with van der Waals surface area (Å²) in [5, 5.41) is 24.2. The third-order valence-corrected chi connectivity index (χ3v) is 1.67. The molecule has 0 saturated heterocycles. The molecule has 0 bridgehead atoms. The minimum absolute atomic E-state index is 0.0556. The van der Waals surface area contributed by atoms with Crippen molar-refractivity contribution in [2.75, 3.05) is 0 Å². The molecule has 0 heterocycles. The molecule has 0 saturated carbocycles. The van der Waals surface area contributed by atoms with Gasteiger partial charge in [-0.05, 0) is 19.8 Å². The lowest BCUT2D eigenvalue weighted by Crippen LogP contribution is -1.97. The van der Waals surface area contributed by atoms with Crippen LogP contribution in [0.1, 0.15) is 33.1 Å². The third kappa shape index (κ3) is 10.3. The van der Waals surface area contributed by atoms with Crippen LogP contribution in [0.3, 0.4) is 0 Å². The van der Waals surface area contributed by atoms with E-state index in [4.69, 9.17) is 15.3 Å². The Morgan fingerprint density at radius 2 is 1.75 bits per heavy atom. The van der Waals surface area contributed by atoms with E-state index >= 15 is 0 Å².